The van der Waals surface area contributed by atoms with Crippen molar-refractivity contribution < 1.29 is 14.3 Å². The first-order valence-corrected chi connectivity index (χ1v) is 9.17. The van der Waals surface area contributed by atoms with E-state index < -0.39 is 5.97 Å². The Hall–Kier alpha value is -3.85. The fraction of sp³-hybridized carbons (Fsp3) is 0.174. The maximum atomic E-state index is 12.6. The number of aromatic nitrogens is 1. The number of aryl methyl sites for hydroxylation is 1. The monoisotopic (exact) mass is 387 g/mol. The van der Waals surface area contributed by atoms with Crippen LogP contribution in [0.25, 0.3) is 5.69 Å². The summed E-state index contributed by atoms with van der Waals surface area (Å²) in [7, 11) is 0. The van der Waals surface area contributed by atoms with Crippen molar-refractivity contribution in [2.75, 3.05) is 6.54 Å². The maximum absolute atomic E-state index is 12.6. The third kappa shape index (κ3) is 4.71. The predicted octanol–water partition coefficient (Wildman–Crippen LogP) is 3.44. The summed E-state index contributed by atoms with van der Waals surface area (Å²) in [6.07, 6.45) is 0. The third-order valence-corrected chi connectivity index (χ3v) is 4.57. The lowest BCUT2D eigenvalue weighted by Crippen LogP contribution is -2.30. The summed E-state index contributed by atoms with van der Waals surface area (Å²) in [5, 5.41) is 11.6. The minimum Gasteiger partial charge on any atom is -0.460 e. The molecule has 6 heteroatoms. The molecule has 3 aromatic rings. The third-order valence-electron chi connectivity index (χ3n) is 4.57. The Kier molecular flexibility index (Phi) is 6.10. The molecule has 0 aliphatic rings. The lowest BCUT2D eigenvalue weighted by molar-refractivity contribution is -0.143. The van der Waals surface area contributed by atoms with Gasteiger partial charge in [0.15, 0.2) is 0 Å². The van der Waals surface area contributed by atoms with Gasteiger partial charge in [-0.3, -0.25) is 9.59 Å². The Morgan fingerprint density at radius 1 is 1.07 bits per heavy atom. The van der Waals surface area contributed by atoms with Crippen LogP contribution in [0.3, 0.4) is 0 Å². The Morgan fingerprint density at radius 2 is 1.76 bits per heavy atom. The Balaban J connectivity index is 1.63. The number of nitriles is 1. The molecule has 2 aromatic carbocycles. The first-order chi connectivity index (χ1) is 14.0. The summed E-state index contributed by atoms with van der Waals surface area (Å²) < 4.78 is 7.11. The van der Waals surface area contributed by atoms with Crippen LogP contribution < -0.4 is 5.32 Å². The molecule has 1 N–H and O–H groups in total. The van der Waals surface area contributed by atoms with E-state index in [4.69, 9.17) is 10.00 Å². The lowest BCUT2D eigenvalue weighted by Gasteiger charge is -2.10. The summed E-state index contributed by atoms with van der Waals surface area (Å²) >= 11 is 0. The number of carbonyl (C=O) groups is 2. The average Bonchev–Trinajstić information content (AvgIpc) is 3.05. The zero-order valence-electron chi connectivity index (χ0n) is 16.3. The van der Waals surface area contributed by atoms with Crippen molar-refractivity contribution in [3.8, 4) is 11.8 Å². The van der Waals surface area contributed by atoms with Gasteiger partial charge in [0.2, 0.25) is 0 Å². The molecule has 0 spiro atoms. The summed E-state index contributed by atoms with van der Waals surface area (Å²) in [5.74, 6) is -0.835. The van der Waals surface area contributed by atoms with Gasteiger partial charge >= 0.3 is 5.97 Å². The molecule has 0 unspecified atom stereocenters. The SMILES string of the molecule is Cc1cc(C(=O)NCC(=O)OCc2ccccc2)c(C)n1-c1ccc(C#N)cc1. The van der Waals surface area contributed by atoms with E-state index >= 15 is 0 Å². The van der Waals surface area contributed by atoms with Crippen molar-refractivity contribution in [3.63, 3.8) is 0 Å². The van der Waals surface area contributed by atoms with E-state index in [1.54, 1.807) is 18.2 Å². The molecule has 0 aliphatic heterocycles. The molecule has 6 nitrogen and oxygen atoms in total. The van der Waals surface area contributed by atoms with Crippen LogP contribution in [0.5, 0.6) is 0 Å². The zero-order valence-corrected chi connectivity index (χ0v) is 16.3. The maximum Gasteiger partial charge on any atom is 0.325 e. The molecular weight excluding hydrogens is 366 g/mol. The van der Waals surface area contributed by atoms with Crippen LogP contribution in [-0.4, -0.2) is 23.0 Å². The van der Waals surface area contributed by atoms with Gasteiger partial charge in [0.25, 0.3) is 5.91 Å². The highest BCUT2D eigenvalue weighted by Crippen LogP contribution is 2.21. The normalized spacial score (nSPS) is 10.2. The summed E-state index contributed by atoms with van der Waals surface area (Å²) in [5.41, 5.74) is 4.44. The first kappa shape index (κ1) is 19.9. The molecule has 0 saturated heterocycles. The molecule has 0 radical (unpaired) electrons. The second-order valence-electron chi connectivity index (χ2n) is 6.61. The number of hydrogen-bond donors (Lipinski definition) is 1. The van der Waals surface area contributed by atoms with Gasteiger partial charge in [0, 0.05) is 17.1 Å². The predicted molar refractivity (Wildman–Crippen MR) is 109 cm³/mol. The highest BCUT2D eigenvalue weighted by Gasteiger charge is 2.17. The lowest BCUT2D eigenvalue weighted by atomic mass is 10.2. The molecular formula is C23H21N3O3. The van der Waals surface area contributed by atoms with E-state index in [9.17, 15) is 9.59 Å². The summed E-state index contributed by atoms with van der Waals surface area (Å²) in [6.45, 7) is 3.71. The molecule has 0 aliphatic carbocycles. The van der Waals surface area contributed by atoms with Gasteiger partial charge in [-0.15, -0.1) is 0 Å². The molecule has 0 atom stereocenters. The van der Waals surface area contributed by atoms with Crippen molar-refractivity contribution >= 4 is 11.9 Å². The zero-order chi connectivity index (χ0) is 20.8. The number of amides is 1. The summed E-state index contributed by atoms with van der Waals surface area (Å²) in [6, 6.07) is 20.4. The van der Waals surface area contributed by atoms with Gasteiger partial charge in [-0.2, -0.15) is 5.26 Å². The first-order valence-electron chi connectivity index (χ1n) is 9.17. The number of nitrogens with zero attached hydrogens (tertiary/aromatic N) is 2. The molecule has 3 rings (SSSR count). The number of rotatable bonds is 6. The fourth-order valence-corrected chi connectivity index (χ4v) is 3.11. The quantitative estimate of drug-likeness (QED) is 0.657. The highest BCUT2D eigenvalue weighted by molar-refractivity contribution is 5.97. The minimum absolute atomic E-state index is 0.169. The molecule has 146 valence electrons. The van der Waals surface area contributed by atoms with Crippen molar-refractivity contribution in [3.05, 3.63) is 88.7 Å². The van der Waals surface area contributed by atoms with E-state index in [0.717, 1.165) is 22.6 Å². The van der Waals surface area contributed by atoms with Gasteiger partial charge in [0.1, 0.15) is 13.2 Å². The molecule has 29 heavy (non-hydrogen) atoms. The number of hydrogen-bond acceptors (Lipinski definition) is 4. The van der Waals surface area contributed by atoms with E-state index in [2.05, 4.69) is 11.4 Å². The van der Waals surface area contributed by atoms with Crippen LogP contribution in [0.2, 0.25) is 0 Å². The van der Waals surface area contributed by atoms with Crippen LogP contribution in [0.4, 0.5) is 0 Å². The molecule has 1 aromatic heterocycles. The number of benzene rings is 2. The van der Waals surface area contributed by atoms with E-state index in [1.165, 1.54) is 0 Å². The summed E-state index contributed by atoms with van der Waals surface area (Å²) in [4.78, 5) is 24.5. The molecule has 0 bridgehead atoms. The van der Waals surface area contributed by atoms with E-state index in [-0.39, 0.29) is 19.1 Å². The van der Waals surface area contributed by atoms with Gasteiger partial charge < -0.3 is 14.6 Å². The van der Waals surface area contributed by atoms with Crippen LogP contribution in [0.1, 0.15) is 32.9 Å². The largest absolute Gasteiger partial charge is 0.460 e. The smallest absolute Gasteiger partial charge is 0.325 e. The standard InChI is InChI=1S/C23H21N3O3/c1-16-12-21(17(2)26(16)20-10-8-18(13-24)9-11-20)23(28)25-14-22(27)29-15-19-6-4-3-5-7-19/h3-12H,14-15H2,1-2H3,(H,25,28). The second kappa shape index (κ2) is 8.89. The van der Waals surface area contributed by atoms with Gasteiger partial charge in [-0.1, -0.05) is 30.3 Å². The van der Waals surface area contributed by atoms with Crippen molar-refractivity contribution in [1.82, 2.24) is 9.88 Å². The Labute approximate surface area is 169 Å². The molecule has 1 heterocycles. The average molecular weight is 387 g/mol. The second-order valence-corrected chi connectivity index (χ2v) is 6.61. The van der Waals surface area contributed by atoms with Crippen molar-refractivity contribution in [2.45, 2.75) is 20.5 Å². The molecule has 0 saturated carbocycles. The van der Waals surface area contributed by atoms with Gasteiger partial charge in [-0.05, 0) is 49.7 Å². The van der Waals surface area contributed by atoms with Crippen LogP contribution in [0.15, 0.2) is 60.7 Å². The van der Waals surface area contributed by atoms with Crippen molar-refractivity contribution in [1.29, 1.82) is 5.26 Å². The topological polar surface area (TPSA) is 84.1 Å². The number of nitrogens with one attached hydrogen (secondary N) is 1. The molecule has 1 amide bonds. The Morgan fingerprint density at radius 3 is 2.41 bits per heavy atom. The van der Waals surface area contributed by atoms with Crippen molar-refractivity contribution in [2.24, 2.45) is 0 Å². The number of carbonyl (C=O) groups excluding carboxylic acids is 2. The highest BCUT2D eigenvalue weighted by atomic mass is 16.5. The number of esters is 1. The van der Waals surface area contributed by atoms with E-state index in [1.807, 2.05) is 60.9 Å². The van der Waals surface area contributed by atoms with Crippen LogP contribution in [-0.2, 0) is 16.1 Å². The minimum atomic E-state index is -0.497. The van der Waals surface area contributed by atoms with E-state index in [0.29, 0.717) is 11.1 Å². The van der Waals surface area contributed by atoms with Gasteiger partial charge in [0.05, 0.1) is 17.2 Å². The number of ether oxygens (including phenoxy) is 1. The van der Waals surface area contributed by atoms with Gasteiger partial charge in [-0.25, -0.2) is 0 Å². The van der Waals surface area contributed by atoms with Crippen LogP contribution in [0, 0.1) is 25.2 Å². The fourth-order valence-electron chi connectivity index (χ4n) is 3.11. The molecule has 0 fully saturated rings. The Bertz CT molecular complexity index is 1060. The van der Waals surface area contributed by atoms with Crippen LogP contribution >= 0.6 is 0 Å².